The van der Waals surface area contributed by atoms with Gasteiger partial charge in [-0.1, -0.05) is 13.3 Å². The zero-order valence-corrected chi connectivity index (χ0v) is 9.92. The molecule has 0 aliphatic carbocycles. The standard InChI is InChI=1S/C12H25NO/c1-4-5-12(10-14)6-8-13(9-7-12)11(2)3/h11,14H,4-10H2,1-3H3. The molecule has 1 rings (SSSR count). The van der Waals surface area contributed by atoms with Crippen LogP contribution in [0.5, 0.6) is 0 Å². The van der Waals surface area contributed by atoms with Gasteiger partial charge in [-0.15, -0.1) is 0 Å². The summed E-state index contributed by atoms with van der Waals surface area (Å²) in [5.74, 6) is 0. The summed E-state index contributed by atoms with van der Waals surface area (Å²) in [7, 11) is 0. The normalized spacial score (nSPS) is 22.9. The van der Waals surface area contributed by atoms with Gasteiger partial charge in [0.05, 0.1) is 0 Å². The lowest BCUT2D eigenvalue weighted by Crippen LogP contribution is -2.44. The molecule has 1 saturated heterocycles. The average molecular weight is 199 g/mol. The minimum absolute atomic E-state index is 0.250. The van der Waals surface area contributed by atoms with Crippen molar-refractivity contribution in [2.75, 3.05) is 19.7 Å². The third kappa shape index (κ3) is 2.71. The number of aliphatic hydroxyl groups excluding tert-OH is 1. The van der Waals surface area contributed by atoms with Crippen LogP contribution in [0.2, 0.25) is 0 Å². The van der Waals surface area contributed by atoms with Gasteiger partial charge in [0.15, 0.2) is 0 Å². The van der Waals surface area contributed by atoms with E-state index in [0.29, 0.717) is 12.6 Å². The molecule has 0 radical (unpaired) electrons. The largest absolute Gasteiger partial charge is 0.396 e. The van der Waals surface area contributed by atoms with Crippen molar-refractivity contribution in [3.63, 3.8) is 0 Å². The molecule has 0 atom stereocenters. The SMILES string of the molecule is CCCC1(CO)CCN(C(C)C)CC1. The van der Waals surface area contributed by atoms with Gasteiger partial charge in [0.25, 0.3) is 0 Å². The highest BCUT2D eigenvalue weighted by molar-refractivity contribution is 4.86. The van der Waals surface area contributed by atoms with Crippen molar-refractivity contribution in [1.82, 2.24) is 4.90 Å². The van der Waals surface area contributed by atoms with E-state index in [0.717, 1.165) is 13.1 Å². The summed E-state index contributed by atoms with van der Waals surface area (Å²) in [6.07, 6.45) is 4.74. The van der Waals surface area contributed by atoms with E-state index in [2.05, 4.69) is 25.7 Å². The molecule has 0 spiro atoms. The number of likely N-dealkylation sites (tertiary alicyclic amines) is 1. The maximum absolute atomic E-state index is 9.48. The van der Waals surface area contributed by atoms with Crippen LogP contribution in [0.3, 0.4) is 0 Å². The maximum atomic E-state index is 9.48. The monoisotopic (exact) mass is 199 g/mol. The van der Waals surface area contributed by atoms with E-state index in [1.54, 1.807) is 0 Å². The molecule has 2 heteroatoms. The van der Waals surface area contributed by atoms with Gasteiger partial charge >= 0.3 is 0 Å². The fourth-order valence-electron chi connectivity index (χ4n) is 2.53. The van der Waals surface area contributed by atoms with Crippen molar-refractivity contribution in [1.29, 1.82) is 0 Å². The van der Waals surface area contributed by atoms with Gasteiger partial charge in [0, 0.05) is 12.6 Å². The van der Waals surface area contributed by atoms with Crippen LogP contribution in [0.1, 0.15) is 46.5 Å². The maximum Gasteiger partial charge on any atom is 0.0488 e. The summed E-state index contributed by atoms with van der Waals surface area (Å²) in [5, 5.41) is 9.48. The Kier molecular flexibility index (Phi) is 4.39. The van der Waals surface area contributed by atoms with Crippen LogP contribution in [-0.4, -0.2) is 35.7 Å². The molecule has 1 aliphatic rings. The zero-order valence-electron chi connectivity index (χ0n) is 9.92. The molecule has 1 fully saturated rings. The van der Waals surface area contributed by atoms with Crippen molar-refractivity contribution < 1.29 is 5.11 Å². The predicted octanol–water partition coefficient (Wildman–Crippen LogP) is 2.27. The summed E-state index contributed by atoms with van der Waals surface area (Å²) in [6.45, 7) is 9.44. The topological polar surface area (TPSA) is 23.5 Å². The van der Waals surface area contributed by atoms with E-state index >= 15 is 0 Å². The third-order valence-corrected chi connectivity index (χ3v) is 3.70. The van der Waals surface area contributed by atoms with Crippen LogP contribution in [-0.2, 0) is 0 Å². The fraction of sp³-hybridized carbons (Fsp3) is 1.00. The van der Waals surface area contributed by atoms with Crippen LogP contribution in [0.4, 0.5) is 0 Å². The molecule has 0 aromatic heterocycles. The first-order valence-electron chi connectivity index (χ1n) is 5.98. The first-order chi connectivity index (χ1) is 6.63. The van der Waals surface area contributed by atoms with Crippen molar-refractivity contribution in [3.05, 3.63) is 0 Å². The number of aliphatic hydroxyl groups is 1. The highest BCUT2D eigenvalue weighted by atomic mass is 16.3. The Morgan fingerprint density at radius 3 is 2.21 bits per heavy atom. The number of hydrogen-bond acceptors (Lipinski definition) is 2. The molecule has 84 valence electrons. The van der Waals surface area contributed by atoms with Crippen LogP contribution >= 0.6 is 0 Å². The fourth-order valence-corrected chi connectivity index (χ4v) is 2.53. The second kappa shape index (κ2) is 5.13. The minimum atomic E-state index is 0.250. The van der Waals surface area contributed by atoms with Crippen LogP contribution in [0, 0.1) is 5.41 Å². The summed E-state index contributed by atoms with van der Waals surface area (Å²) < 4.78 is 0. The Bertz CT molecular complexity index is 160. The third-order valence-electron chi connectivity index (χ3n) is 3.70. The molecule has 0 saturated carbocycles. The molecule has 0 unspecified atom stereocenters. The molecule has 1 heterocycles. The highest BCUT2D eigenvalue weighted by Gasteiger charge is 2.33. The Morgan fingerprint density at radius 1 is 1.29 bits per heavy atom. The van der Waals surface area contributed by atoms with E-state index in [4.69, 9.17) is 0 Å². The minimum Gasteiger partial charge on any atom is -0.396 e. The summed E-state index contributed by atoms with van der Waals surface area (Å²) >= 11 is 0. The molecular weight excluding hydrogens is 174 g/mol. The lowest BCUT2D eigenvalue weighted by molar-refractivity contribution is 0.0262. The molecule has 0 aromatic carbocycles. The molecule has 14 heavy (non-hydrogen) atoms. The number of hydrogen-bond donors (Lipinski definition) is 1. The quantitative estimate of drug-likeness (QED) is 0.751. The Balaban J connectivity index is 2.46. The molecule has 1 aliphatic heterocycles. The van der Waals surface area contributed by atoms with Gasteiger partial charge in [-0.25, -0.2) is 0 Å². The smallest absolute Gasteiger partial charge is 0.0488 e. The van der Waals surface area contributed by atoms with E-state index in [-0.39, 0.29) is 5.41 Å². The molecule has 2 nitrogen and oxygen atoms in total. The summed E-state index contributed by atoms with van der Waals surface area (Å²) in [5.41, 5.74) is 0.250. The lowest BCUT2D eigenvalue weighted by Gasteiger charge is -2.42. The zero-order chi connectivity index (χ0) is 10.6. The summed E-state index contributed by atoms with van der Waals surface area (Å²) in [6, 6.07) is 0.660. The molecule has 0 aromatic rings. The predicted molar refractivity (Wildman–Crippen MR) is 60.4 cm³/mol. The number of rotatable bonds is 4. The van der Waals surface area contributed by atoms with Gasteiger partial charge in [0.2, 0.25) is 0 Å². The van der Waals surface area contributed by atoms with Gasteiger partial charge < -0.3 is 10.0 Å². The van der Waals surface area contributed by atoms with E-state index in [1.165, 1.54) is 25.7 Å². The van der Waals surface area contributed by atoms with Crippen molar-refractivity contribution in [2.24, 2.45) is 5.41 Å². The van der Waals surface area contributed by atoms with Gasteiger partial charge in [-0.05, 0) is 51.6 Å². The molecule has 0 amide bonds. The van der Waals surface area contributed by atoms with Gasteiger partial charge in [-0.2, -0.15) is 0 Å². The number of nitrogens with zero attached hydrogens (tertiary/aromatic N) is 1. The first-order valence-corrected chi connectivity index (χ1v) is 5.98. The van der Waals surface area contributed by atoms with Gasteiger partial charge in [0.1, 0.15) is 0 Å². The van der Waals surface area contributed by atoms with E-state index in [9.17, 15) is 5.11 Å². The Morgan fingerprint density at radius 2 is 1.86 bits per heavy atom. The average Bonchev–Trinajstić information content (AvgIpc) is 2.19. The van der Waals surface area contributed by atoms with E-state index < -0.39 is 0 Å². The van der Waals surface area contributed by atoms with E-state index in [1.807, 2.05) is 0 Å². The first kappa shape index (κ1) is 12.0. The highest BCUT2D eigenvalue weighted by Crippen LogP contribution is 2.35. The lowest BCUT2D eigenvalue weighted by atomic mass is 9.75. The molecule has 1 N–H and O–H groups in total. The van der Waals surface area contributed by atoms with Crippen LogP contribution in [0.15, 0.2) is 0 Å². The van der Waals surface area contributed by atoms with Crippen LogP contribution < -0.4 is 0 Å². The molecular formula is C12H25NO. The van der Waals surface area contributed by atoms with Crippen molar-refractivity contribution >= 4 is 0 Å². The molecule has 0 bridgehead atoms. The van der Waals surface area contributed by atoms with Crippen molar-refractivity contribution in [3.8, 4) is 0 Å². The van der Waals surface area contributed by atoms with Crippen molar-refractivity contribution in [2.45, 2.75) is 52.5 Å². The second-order valence-electron chi connectivity index (χ2n) is 5.04. The second-order valence-corrected chi connectivity index (χ2v) is 5.04. The number of piperidine rings is 1. The van der Waals surface area contributed by atoms with Gasteiger partial charge in [-0.3, -0.25) is 0 Å². The summed E-state index contributed by atoms with van der Waals surface area (Å²) in [4.78, 5) is 2.52. The Hall–Kier alpha value is -0.0800. The Labute approximate surface area is 88.3 Å². The van der Waals surface area contributed by atoms with Crippen LogP contribution in [0.25, 0.3) is 0 Å².